The van der Waals surface area contributed by atoms with Crippen LogP contribution in [0.25, 0.3) is 0 Å². The van der Waals surface area contributed by atoms with Crippen molar-refractivity contribution < 1.29 is 18.9 Å². The monoisotopic (exact) mass is 298 g/mol. The van der Waals surface area contributed by atoms with Crippen LogP contribution >= 0.6 is 0 Å². The Hall–Kier alpha value is -1.18. The molecule has 1 rings (SSSR count). The average molecular weight is 298 g/mol. The number of rotatable bonds is 11. The highest BCUT2D eigenvalue weighted by Gasteiger charge is 2.25. The molecule has 1 atom stereocenters. The molecule has 1 aromatic carbocycles. The zero-order valence-electron chi connectivity index (χ0n) is 13.0. The summed E-state index contributed by atoms with van der Waals surface area (Å²) in [6.45, 7) is 5.90. The number of methoxy groups -OCH3 is 1. The van der Waals surface area contributed by atoms with Gasteiger partial charge in [0, 0.05) is 25.9 Å². The van der Waals surface area contributed by atoms with Crippen LogP contribution in [-0.2, 0) is 14.2 Å². The van der Waals surface area contributed by atoms with Crippen LogP contribution < -0.4 is 16.0 Å². The summed E-state index contributed by atoms with van der Waals surface area (Å²) in [6, 6.07) is 7.36. The molecule has 0 heterocycles. The van der Waals surface area contributed by atoms with Gasteiger partial charge in [-0.15, -0.1) is 0 Å². The number of hydrogen-bond acceptors (Lipinski definition) is 6. The maximum Gasteiger partial charge on any atom is 0.178 e. The maximum absolute atomic E-state index is 5.74. The van der Waals surface area contributed by atoms with E-state index >= 15 is 0 Å². The van der Waals surface area contributed by atoms with Gasteiger partial charge in [-0.1, -0.05) is 18.2 Å². The van der Waals surface area contributed by atoms with Crippen molar-refractivity contribution in [1.29, 1.82) is 0 Å². The summed E-state index contributed by atoms with van der Waals surface area (Å²) < 4.78 is 22.0. The lowest BCUT2D eigenvalue weighted by atomic mass is 10.1. The van der Waals surface area contributed by atoms with Crippen molar-refractivity contribution in [3.63, 3.8) is 0 Å². The molecule has 0 spiro atoms. The zero-order chi connectivity index (χ0) is 15.5. The Bertz CT molecular complexity index is 384. The Balaban J connectivity index is 2.91. The second-order valence-corrected chi connectivity index (χ2v) is 4.30. The SMILES string of the molecule is CCOC(OCC)C(NN)c1ccccc1OCCOC. The smallest absolute Gasteiger partial charge is 0.178 e. The largest absolute Gasteiger partial charge is 0.491 e. The van der Waals surface area contributed by atoms with Gasteiger partial charge in [0.2, 0.25) is 0 Å². The minimum absolute atomic E-state index is 0.316. The van der Waals surface area contributed by atoms with Gasteiger partial charge >= 0.3 is 0 Å². The van der Waals surface area contributed by atoms with Crippen molar-refractivity contribution in [2.45, 2.75) is 26.2 Å². The van der Waals surface area contributed by atoms with Crippen molar-refractivity contribution in [1.82, 2.24) is 5.43 Å². The molecule has 0 aliphatic carbocycles. The molecule has 0 aliphatic heterocycles. The van der Waals surface area contributed by atoms with Gasteiger partial charge in [0.1, 0.15) is 18.4 Å². The number of ether oxygens (including phenoxy) is 4. The third-order valence-corrected chi connectivity index (χ3v) is 2.91. The molecule has 0 aliphatic rings. The van der Waals surface area contributed by atoms with Gasteiger partial charge in [0.15, 0.2) is 6.29 Å². The first kappa shape index (κ1) is 17.9. The van der Waals surface area contributed by atoms with Crippen molar-refractivity contribution in [3.05, 3.63) is 29.8 Å². The van der Waals surface area contributed by atoms with Gasteiger partial charge in [-0.05, 0) is 19.9 Å². The van der Waals surface area contributed by atoms with E-state index in [0.717, 1.165) is 11.3 Å². The molecule has 0 radical (unpaired) electrons. The van der Waals surface area contributed by atoms with E-state index in [1.165, 1.54) is 0 Å². The van der Waals surface area contributed by atoms with Crippen LogP contribution in [0.1, 0.15) is 25.5 Å². The molecule has 120 valence electrons. The number of para-hydroxylation sites is 1. The summed E-state index contributed by atoms with van der Waals surface area (Å²) in [5.41, 5.74) is 3.65. The van der Waals surface area contributed by atoms with Crippen molar-refractivity contribution in [2.75, 3.05) is 33.5 Å². The van der Waals surface area contributed by atoms with Crippen LogP contribution in [0.2, 0.25) is 0 Å². The highest BCUT2D eigenvalue weighted by Crippen LogP contribution is 2.28. The minimum atomic E-state index is -0.475. The van der Waals surface area contributed by atoms with Crippen molar-refractivity contribution in [3.8, 4) is 5.75 Å². The zero-order valence-corrected chi connectivity index (χ0v) is 13.0. The molecule has 0 fully saturated rings. The van der Waals surface area contributed by atoms with Crippen LogP contribution in [0.15, 0.2) is 24.3 Å². The number of hydrazine groups is 1. The van der Waals surface area contributed by atoms with Crippen LogP contribution in [0.4, 0.5) is 0 Å². The van der Waals surface area contributed by atoms with E-state index in [4.69, 9.17) is 24.8 Å². The summed E-state index contributed by atoms with van der Waals surface area (Å²) in [5, 5.41) is 0. The van der Waals surface area contributed by atoms with Crippen molar-refractivity contribution in [2.24, 2.45) is 5.84 Å². The Morgan fingerprint density at radius 2 is 1.76 bits per heavy atom. The van der Waals surface area contributed by atoms with Gasteiger partial charge in [-0.3, -0.25) is 5.84 Å². The number of nitrogens with one attached hydrogen (secondary N) is 1. The molecule has 0 saturated heterocycles. The van der Waals surface area contributed by atoms with E-state index in [2.05, 4.69) is 5.43 Å². The quantitative estimate of drug-likeness (QED) is 0.280. The molecular formula is C15H26N2O4. The Morgan fingerprint density at radius 1 is 1.10 bits per heavy atom. The fourth-order valence-electron chi connectivity index (χ4n) is 1.99. The lowest BCUT2D eigenvalue weighted by molar-refractivity contribution is -0.155. The van der Waals surface area contributed by atoms with Crippen LogP contribution in [0.3, 0.4) is 0 Å². The van der Waals surface area contributed by atoms with E-state index < -0.39 is 6.29 Å². The molecule has 6 heteroatoms. The Kier molecular flexibility index (Phi) is 8.96. The molecule has 1 aromatic rings. The van der Waals surface area contributed by atoms with Gasteiger partial charge in [0.25, 0.3) is 0 Å². The van der Waals surface area contributed by atoms with E-state index in [0.29, 0.717) is 26.4 Å². The Labute approximate surface area is 126 Å². The predicted molar refractivity (Wildman–Crippen MR) is 80.9 cm³/mol. The molecule has 1 unspecified atom stereocenters. The lowest BCUT2D eigenvalue weighted by Gasteiger charge is -2.27. The van der Waals surface area contributed by atoms with Crippen LogP contribution in [0, 0.1) is 0 Å². The normalized spacial score (nSPS) is 12.6. The van der Waals surface area contributed by atoms with E-state index in [1.54, 1.807) is 7.11 Å². The van der Waals surface area contributed by atoms with Gasteiger partial charge in [-0.2, -0.15) is 0 Å². The fourth-order valence-corrected chi connectivity index (χ4v) is 1.99. The number of benzene rings is 1. The number of hydrogen-bond donors (Lipinski definition) is 2. The highest BCUT2D eigenvalue weighted by molar-refractivity contribution is 5.36. The first-order valence-corrected chi connectivity index (χ1v) is 7.18. The second-order valence-electron chi connectivity index (χ2n) is 4.30. The summed E-state index contributed by atoms with van der Waals surface area (Å²) in [4.78, 5) is 0. The van der Waals surface area contributed by atoms with Crippen molar-refractivity contribution >= 4 is 0 Å². The van der Waals surface area contributed by atoms with E-state index in [9.17, 15) is 0 Å². The number of nitrogens with two attached hydrogens (primary N) is 1. The first-order chi connectivity index (χ1) is 10.3. The summed E-state index contributed by atoms with van der Waals surface area (Å²) in [6.07, 6.45) is -0.475. The van der Waals surface area contributed by atoms with Gasteiger partial charge < -0.3 is 18.9 Å². The molecular weight excluding hydrogens is 272 g/mol. The summed E-state index contributed by atoms with van der Waals surface area (Å²) in [7, 11) is 1.64. The fraction of sp³-hybridized carbons (Fsp3) is 0.600. The molecule has 0 bridgehead atoms. The lowest BCUT2D eigenvalue weighted by Crippen LogP contribution is -2.40. The minimum Gasteiger partial charge on any atom is -0.491 e. The van der Waals surface area contributed by atoms with Crippen LogP contribution in [-0.4, -0.2) is 39.8 Å². The maximum atomic E-state index is 5.74. The second kappa shape index (κ2) is 10.5. The predicted octanol–water partition coefficient (Wildman–Crippen LogP) is 1.62. The third-order valence-electron chi connectivity index (χ3n) is 2.91. The Morgan fingerprint density at radius 3 is 2.33 bits per heavy atom. The van der Waals surface area contributed by atoms with E-state index in [1.807, 2.05) is 38.1 Å². The first-order valence-electron chi connectivity index (χ1n) is 7.18. The molecule has 21 heavy (non-hydrogen) atoms. The highest BCUT2D eigenvalue weighted by atomic mass is 16.7. The summed E-state index contributed by atoms with van der Waals surface area (Å²) in [5.74, 6) is 6.44. The molecule has 3 N–H and O–H groups in total. The van der Waals surface area contributed by atoms with Crippen LogP contribution in [0.5, 0.6) is 5.75 Å². The average Bonchev–Trinajstić information content (AvgIpc) is 2.50. The standard InChI is InChI=1S/C15H26N2O4/c1-4-19-15(20-5-2)14(17-16)12-8-6-7-9-13(12)21-11-10-18-3/h6-9,14-15,17H,4-5,10-11,16H2,1-3H3. The molecule has 0 aromatic heterocycles. The van der Waals surface area contributed by atoms with Gasteiger partial charge in [-0.25, -0.2) is 5.43 Å². The van der Waals surface area contributed by atoms with E-state index in [-0.39, 0.29) is 6.04 Å². The third kappa shape index (κ3) is 5.61. The molecule has 0 amide bonds. The van der Waals surface area contributed by atoms with Gasteiger partial charge in [0.05, 0.1) is 6.61 Å². The molecule has 6 nitrogen and oxygen atoms in total. The molecule has 0 saturated carbocycles. The summed E-state index contributed by atoms with van der Waals surface area (Å²) >= 11 is 0. The topological polar surface area (TPSA) is 75.0 Å².